The largest absolute Gasteiger partial charge is 0.497 e. The highest BCUT2D eigenvalue weighted by molar-refractivity contribution is 5.41. The molecule has 1 saturated carbocycles. The topological polar surface area (TPSA) is 41.9 Å². The van der Waals surface area contributed by atoms with Crippen LogP contribution in [-0.4, -0.2) is 43.4 Å². The van der Waals surface area contributed by atoms with E-state index in [2.05, 4.69) is 11.8 Å². The minimum atomic E-state index is -0.549. The van der Waals surface area contributed by atoms with E-state index >= 15 is 0 Å². The summed E-state index contributed by atoms with van der Waals surface area (Å²) in [5, 5.41) is 10.5. The molecule has 112 valence electrons. The Kier molecular flexibility index (Phi) is 5.26. The van der Waals surface area contributed by atoms with Crippen LogP contribution in [-0.2, 0) is 0 Å². The van der Waals surface area contributed by atoms with Crippen molar-refractivity contribution in [2.75, 3.05) is 27.3 Å². The Balaban J connectivity index is 2.11. The molecule has 1 aromatic rings. The van der Waals surface area contributed by atoms with Crippen LogP contribution in [0, 0.1) is 0 Å². The van der Waals surface area contributed by atoms with Crippen LogP contribution < -0.4 is 9.47 Å². The SMILES string of the molecule is CCCN(CC(O)c1cc(OC)ccc1OC)C1CC1. The Morgan fingerprint density at radius 3 is 2.60 bits per heavy atom. The molecule has 1 aliphatic rings. The lowest BCUT2D eigenvalue weighted by Gasteiger charge is -2.25. The first-order chi connectivity index (χ1) is 9.69. The van der Waals surface area contributed by atoms with Crippen LogP contribution in [0.1, 0.15) is 37.9 Å². The fraction of sp³-hybridized carbons (Fsp3) is 0.625. The van der Waals surface area contributed by atoms with Gasteiger partial charge >= 0.3 is 0 Å². The summed E-state index contributed by atoms with van der Waals surface area (Å²) in [6.07, 6.45) is 3.06. The molecule has 1 aliphatic carbocycles. The van der Waals surface area contributed by atoms with Crippen molar-refractivity contribution in [3.05, 3.63) is 23.8 Å². The van der Waals surface area contributed by atoms with E-state index in [9.17, 15) is 5.11 Å². The summed E-state index contributed by atoms with van der Waals surface area (Å²) in [4.78, 5) is 2.38. The van der Waals surface area contributed by atoms with Gasteiger partial charge in [0.25, 0.3) is 0 Å². The molecule has 4 heteroatoms. The van der Waals surface area contributed by atoms with E-state index in [1.165, 1.54) is 12.8 Å². The molecule has 0 aliphatic heterocycles. The Bertz CT molecular complexity index is 432. The van der Waals surface area contributed by atoms with E-state index in [0.717, 1.165) is 24.3 Å². The molecular weight excluding hydrogens is 254 g/mol. The van der Waals surface area contributed by atoms with Gasteiger partial charge < -0.3 is 14.6 Å². The standard InChI is InChI=1S/C16H25NO3/c1-4-9-17(12-5-6-12)11-15(18)14-10-13(19-2)7-8-16(14)20-3/h7-8,10,12,15,18H,4-6,9,11H2,1-3H3. The van der Waals surface area contributed by atoms with E-state index in [1.807, 2.05) is 18.2 Å². The van der Waals surface area contributed by atoms with E-state index in [1.54, 1.807) is 14.2 Å². The quantitative estimate of drug-likeness (QED) is 0.794. The number of benzene rings is 1. The summed E-state index contributed by atoms with van der Waals surface area (Å²) in [5.74, 6) is 1.46. The average molecular weight is 279 g/mol. The number of aliphatic hydroxyl groups is 1. The average Bonchev–Trinajstić information content (AvgIpc) is 3.30. The number of hydrogen-bond acceptors (Lipinski definition) is 4. The number of nitrogens with zero attached hydrogens (tertiary/aromatic N) is 1. The van der Waals surface area contributed by atoms with Gasteiger partial charge in [-0.25, -0.2) is 0 Å². The molecule has 1 atom stereocenters. The summed E-state index contributed by atoms with van der Waals surface area (Å²) in [7, 11) is 3.26. The zero-order valence-electron chi connectivity index (χ0n) is 12.6. The third kappa shape index (κ3) is 3.64. The van der Waals surface area contributed by atoms with Crippen molar-refractivity contribution in [1.29, 1.82) is 0 Å². The fourth-order valence-corrected chi connectivity index (χ4v) is 2.57. The summed E-state index contributed by atoms with van der Waals surface area (Å²) in [6.45, 7) is 3.87. The second-order valence-electron chi connectivity index (χ2n) is 5.35. The molecule has 1 fully saturated rings. The van der Waals surface area contributed by atoms with Crippen molar-refractivity contribution in [2.24, 2.45) is 0 Å². The lowest BCUT2D eigenvalue weighted by molar-refractivity contribution is 0.106. The summed E-state index contributed by atoms with van der Waals surface area (Å²) >= 11 is 0. The highest BCUT2D eigenvalue weighted by Crippen LogP contribution is 2.33. The van der Waals surface area contributed by atoms with Gasteiger partial charge in [0.05, 0.1) is 20.3 Å². The third-order valence-corrected chi connectivity index (χ3v) is 3.78. The third-order valence-electron chi connectivity index (χ3n) is 3.78. The maximum absolute atomic E-state index is 10.5. The van der Waals surface area contributed by atoms with E-state index in [4.69, 9.17) is 9.47 Å². The fourth-order valence-electron chi connectivity index (χ4n) is 2.57. The smallest absolute Gasteiger partial charge is 0.124 e. The van der Waals surface area contributed by atoms with Crippen molar-refractivity contribution < 1.29 is 14.6 Å². The Labute approximate surface area is 121 Å². The normalized spacial score (nSPS) is 16.2. The zero-order valence-corrected chi connectivity index (χ0v) is 12.6. The number of rotatable bonds is 8. The highest BCUT2D eigenvalue weighted by atomic mass is 16.5. The van der Waals surface area contributed by atoms with Gasteiger partial charge in [-0.3, -0.25) is 4.90 Å². The van der Waals surface area contributed by atoms with Gasteiger partial charge in [0, 0.05) is 18.2 Å². The van der Waals surface area contributed by atoms with E-state index < -0.39 is 6.10 Å². The molecule has 0 bridgehead atoms. The van der Waals surface area contributed by atoms with Crippen LogP contribution in [0.25, 0.3) is 0 Å². The number of ether oxygens (including phenoxy) is 2. The van der Waals surface area contributed by atoms with Crippen molar-refractivity contribution in [3.63, 3.8) is 0 Å². The van der Waals surface area contributed by atoms with Crippen LogP contribution in [0.3, 0.4) is 0 Å². The van der Waals surface area contributed by atoms with Gasteiger partial charge in [-0.2, -0.15) is 0 Å². The predicted octanol–water partition coefficient (Wildman–Crippen LogP) is 2.61. The first kappa shape index (κ1) is 15.1. The van der Waals surface area contributed by atoms with Gasteiger partial charge in [-0.15, -0.1) is 0 Å². The zero-order chi connectivity index (χ0) is 14.5. The first-order valence-electron chi connectivity index (χ1n) is 7.33. The minimum Gasteiger partial charge on any atom is -0.497 e. The number of aliphatic hydroxyl groups excluding tert-OH is 1. The summed E-state index contributed by atoms with van der Waals surface area (Å²) in [5.41, 5.74) is 0.800. The Hall–Kier alpha value is -1.26. The lowest BCUT2D eigenvalue weighted by atomic mass is 10.1. The minimum absolute atomic E-state index is 0.549. The van der Waals surface area contributed by atoms with Gasteiger partial charge in [0.2, 0.25) is 0 Å². The molecule has 4 nitrogen and oxygen atoms in total. The molecule has 1 N–H and O–H groups in total. The Morgan fingerprint density at radius 2 is 2.05 bits per heavy atom. The molecule has 20 heavy (non-hydrogen) atoms. The molecule has 1 unspecified atom stereocenters. The molecule has 0 spiro atoms. The molecule has 1 aromatic carbocycles. The molecule has 0 amide bonds. The molecule has 0 heterocycles. The maximum atomic E-state index is 10.5. The van der Waals surface area contributed by atoms with Crippen molar-refractivity contribution >= 4 is 0 Å². The number of methoxy groups -OCH3 is 2. The monoisotopic (exact) mass is 279 g/mol. The second kappa shape index (κ2) is 6.95. The van der Waals surface area contributed by atoms with Crippen molar-refractivity contribution in [1.82, 2.24) is 4.90 Å². The lowest BCUT2D eigenvalue weighted by Crippen LogP contribution is -2.31. The molecule has 0 aromatic heterocycles. The van der Waals surface area contributed by atoms with Crippen LogP contribution in [0.15, 0.2) is 18.2 Å². The van der Waals surface area contributed by atoms with E-state index in [0.29, 0.717) is 18.3 Å². The summed E-state index contributed by atoms with van der Waals surface area (Å²) in [6, 6.07) is 6.21. The van der Waals surface area contributed by atoms with Crippen molar-refractivity contribution in [3.8, 4) is 11.5 Å². The second-order valence-corrected chi connectivity index (χ2v) is 5.35. The molecule has 2 rings (SSSR count). The van der Waals surface area contributed by atoms with E-state index in [-0.39, 0.29) is 0 Å². The van der Waals surface area contributed by atoms with Gasteiger partial charge in [-0.05, 0) is 44.0 Å². The van der Waals surface area contributed by atoms with Crippen molar-refractivity contribution in [2.45, 2.75) is 38.3 Å². The maximum Gasteiger partial charge on any atom is 0.124 e. The molecule has 0 radical (unpaired) electrons. The molecular formula is C16H25NO3. The predicted molar refractivity (Wildman–Crippen MR) is 79.4 cm³/mol. The van der Waals surface area contributed by atoms with Crippen LogP contribution >= 0.6 is 0 Å². The van der Waals surface area contributed by atoms with Gasteiger partial charge in [0.15, 0.2) is 0 Å². The van der Waals surface area contributed by atoms with Gasteiger partial charge in [0.1, 0.15) is 11.5 Å². The number of hydrogen-bond donors (Lipinski definition) is 1. The first-order valence-corrected chi connectivity index (χ1v) is 7.33. The van der Waals surface area contributed by atoms with Gasteiger partial charge in [-0.1, -0.05) is 6.92 Å². The highest BCUT2D eigenvalue weighted by Gasteiger charge is 2.30. The summed E-state index contributed by atoms with van der Waals surface area (Å²) < 4.78 is 10.6. The Morgan fingerprint density at radius 1 is 1.30 bits per heavy atom. The van der Waals surface area contributed by atoms with Crippen LogP contribution in [0.5, 0.6) is 11.5 Å². The molecule has 0 saturated heterocycles. The van der Waals surface area contributed by atoms with Crippen LogP contribution in [0.4, 0.5) is 0 Å². The van der Waals surface area contributed by atoms with Crippen LogP contribution in [0.2, 0.25) is 0 Å².